The van der Waals surface area contributed by atoms with Gasteiger partial charge >= 0.3 is 7.12 Å². The lowest BCUT2D eigenvalue weighted by Gasteiger charge is -2.02. The van der Waals surface area contributed by atoms with Crippen molar-refractivity contribution in [1.29, 1.82) is 5.26 Å². The molecule has 74 valence electrons. The number of hydrogen-bond acceptors (Lipinski definition) is 5. The van der Waals surface area contributed by atoms with E-state index in [2.05, 4.69) is 10.3 Å². The molecule has 0 saturated carbocycles. The standard InChI is InChI=1S/C8H7BN4O2/c1-13-8-6(9(14)15)2-5(4-10)3-7(8)11-12-13/h2-3,14-15H,1H3. The van der Waals surface area contributed by atoms with Crippen LogP contribution in [0.25, 0.3) is 11.0 Å². The van der Waals surface area contributed by atoms with Crippen LogP contribution >= 0.6 is 0 Å². The second-order valence-corrected chi connectivity index (χ2v) is 3.13. The number of rotatable bonds is 1. The molecule has 0 fully saturated rings. The Morgan fingerprint density at radius 2 is 2.20 bits per heavy atom. The number of nitriles is 1. The number of nitrogens with zero attached hydrogens (tertiary/aromatic N) is 4. The summed E-state index contributed by atoms with van der Waals surface area (Å²) in [6.07, 6.45) is 0. The first kappa shape index (κ1) is 9.64. The Labute approximate surface area is 85.5 Å². The summed E-state index contributed by atoms with van der Waals surface area (Å²) in [6, 6.07) is 4.89. The Bertz CT molecular complexity index is 558. The molecule has 0 saturated heterocycles. The van der Waals surface area contributed by atoms with Crippen molar-refractivity contribution in [2.24, 2.45) is 7.05 Å². The minimum Gasteiger partial charge on any atom is -0.423 e. The van der Waals surface area contributed by atoms with Gasteiger partial charge in [0.2, 0.25) is 0 Å². The van der Waals surface area contributed by atoms with Crippen molar-refractivity contribution in [2.45, 2.75) is 0 Å². The lowest BCUT2D eigenvalue weighted by atomic mass is 9.78. The zero-order chi connectivity index (χ0) is 11.0. The van der Waals surface area contributed by atoms with Gasteiger partial charge in [-0.25, -0.2) is 4.68 Å². The zero-order valence-electron chi connectivity index (χ0n) is 7.92. The van der Waals surface area contributed by atoms with Crippen LogP contribution in [0.15, 0.2) is 12.1 Å². The van der Waals surface area contributed by atoms with Crippen LogP contribution in [0.5, 0.6) is 0 Å². The largest absolute Gasteiger partial charge is 0.490 e. The topological polar surface area (TPSA) is 95.0 Å². The molecular formula is C8H7BN4O2. The summed E-state index contributed by atoms with van der Waals surface area (Å²) in [7, 11) is 0.00535. The third-order valence-corrected chi connectivity index (χ3v) is 2.14. The first-order valence-corrected chi connectivity index (χ1v) is 4.23. The third kappa shape index (κ3) is 1.46. The summed E-state index contributed by atoms with van der Waals surface area (Å²) in [6.45, 7) is 0. The second-order valence-electron chi connectivity index (χ2n) is 3.13. The van der Waals surface area contributed by atoms with Gasteiger partial charge in [-0.15, -0.1) is 5.10 Å². The molecule has 2 N–H and O–H groups in total. The van der Waals surface area contributed by atoms with E-state index in [0.29, 0.717) is 16.6 Å². The zero-order valence-corrected chi connectivity index (χ0v) is 7.92. The van der Waals surface area contributed by atoms with Crippen LogP contribution in [0, 0.1) is 11.3 Å². The molecule has 2 rings (SSSR count). The van der Waals surface area contributed by atoms with Gasteiger partial charge < -0.3 is 10.0 Å². The molecular weight excluding hydrogens is 195 g/mol. The molecule has 0 aliphatic carbocycles. The molecule has 0 amide bonds. The maximum atomic E-state index is 9.16. The van der Waals surface area contributed by atoms with Gasteiger partial charge in [-0.1, -0.05) is 5.21 Å². The summed E-state index contributed by atoms with van der Waals surface area (Å²) in [5.74, 6) is 0. The van der Waals surface area contributed by atoms with E-state index in [9.17, 15) is 0 Å². The molecule has 2 aromatic rings. The van der Waals surface area contributed by atoms with E-state index in [4.69, 9.17) is 15.3 Å². The predicted octanol–water partition coefficient (Wildman–Crippen LogP) is -1.48. The number of fused-ring (bicyclic) bond motifs is 1. The first-order chi connectivity index (χ1) is 7.13. The van der Waals surface area contributed by atoms with Crippen LogP contribution in [0.2, 0.25) is 0 Å². The molecule has 0 radical (unpaired) electrons. The highest BCUT2D eigenvalue weighted by Crippen LogP contribution is 2.10. The van der Waals surface area contributed by atoms with Crippen molar-refractivity contribution in [3.05, 3.63) is 17.7 Å². The average molecular weight is 202 g/mol. The fraction of sp³-hybridized carbons (Fsp3) is 0.125. The molecule has 0 unspecified atom stereocenters. The van der Waals surface area contributed by atoms with E-state index in [1.165, 1.54) is 10.7 Å². The SMILES string of the molecule is Cn1nnc2cc(C#N)cc(B(O)O)c21. The second kappa shape index (κ2) is 3.35. The van der Waals surface area contributed by atoms with Crippen LogP contribution in [-0.4, -0.2) is 32.2 Å². The Morgan fingerprint density at radius 1 is 1.47 bits per heavy atom. The van der Waals surface area contributed by atoms with Crippen LogP contribution in [-0.2, 0) is 7.05 Å². The Morgan fingerprint density at radius 3 is 2.80 bits per heavy atom. The van der Waals surface area contributed by atoms with Crippen molar-refractivity contribution in [2.75, 3.05) is 0 Å². The normalized spacial score (nSPS) is 10.3. The fourth-order valence-corrected chi connectivity index (χ4v) is 1.49. The first-order valence-electron chi connectivity index (χ1n) is 4.23. The van der Waals surface area contributed by atoms with Gasteiger partial charge in [-0.05, 0) is 12.1 Å². The molecule has 1 aromatic carbocycles. The molecule has 0 spiro atoms. The lowest BCUT2D eigenvalue weighted by Crippen LogP contribution is -2.31. The highest BCUT2D eigenvalue weighted by atomic mass is 16.4. The smallest absolute Gasteiger partial charge is 0.423 e. The Hall–Kier alpha value is -1.91. The van der Waals surface area contributed by atoms with Gasteiger partial charge in [0.1, 0.15) is 5.52 Å². The fourth-order valence-electron chi connectivity index (χ4n) is 1.49. The van der Waals surface area contributed by atoms with Gasteiger partial charge in [0.25, 0.3) is 0 Å². The molecule has 15 heavy (non-hydrogen) atoms. The van der Waals surface area contributed by atoms with Crippen molar-refractivity contribution >= 4 is 23.6 Å². The minimum atomic E-state index is -1.64. The monoisotopic (exact) mass is 202 g/mol. The molecule has 0 atom stereocenters. The van der Waals surface area contributed by atoms with Crippen molar-refractivity contribution in [3.8, 4) is 6.07 Å². The van der Waals surface area contributed by atoms with Gasteiger partial charge in [-0.2, -0.15) is 5.26 Å². The van der Waals surface area contributed by atoms with E-state index in [1.54, 1.807) is 13.1 Å². The third-order valence-electron chi connectivity index (χ3n) is 2.14. The summed E-state index contributed by atoms with van der Waals surface area (Å²) < 4.78 is 1.44. The van der Waals surface area contributed by atoms with Gasteiger partial charge in [-0.3, -0.25) is 0 Å². The van der Waals surface area contributed by atoms with Crippen LogP contribution in [0.1, 0.15) is 5.56 Å². The van der Waals surface area contributed by atoms with Gasteiger partial charge in [0.15, 0.2) is 0 Å². The molecule has 7 heteroatoms. The maximum Gasteiger partial charge on any atom is 0.490 e. The number of hydrogen-bond donors (Lipinski definition) is 2. The molecule has 6 nitrogen and oxygen atoms in total. The highest BCUT2D eigenvalue weighted by molar-refractivity contribution is 6.61. The summed E-state index contributed by atoms with van der Waals surface area (Å²) in [5.41, 5.74) is 1.55. The van der Waals surface area contributed by atoms with Crippen molar-refractivity contribution < 1.29 is 10.0 Å². The molecule has 0 aliphatic heterocycles. The van der Waals surface area contributed by atoms with E-state index in [0.717, 1.165) is 0 Å². The van der Waals surface area contributed by atoms with Crippen LogP contribution in [0.3, 0.4) is 0 Å². The number of aryl methyl sites for hydroxylation is 1. The van der Waals surface area contributed by atoms with Crippen molar-refractivity contribution in [1.82, 2.24) is 15.0 Å². The Balaban J connectivity index is 2.85. The van der Waals surface area contributed by atoms with Crippen molar-refractivity contribution in [3.63, 3.8) is 0 Å². The van der Waals surface area contributed by atoms with E-state index < -0.39 is 7.12 Å². The average Bonchev–Trinajstić information content (AvgIpc) is 2.59. The van der Waals surface area contributed by atoms with E-state index in [1.807, 2.05) is 6.07 Å². The molecule has 0 aliphatic rings. The van der Waals surface area contributed by atoms with Crippen LogP contribution in [0.4, 0.5) is 0 Å². The molecule has 0 bridgehead atoms. The van der Waals surface area contributed by atoms with E-state index >= 15 is 0 Å². The summed E-state index contributed by atoms with van der Waals surface area (Å²) >= 11 is 0. The highest BCUT2D eigenvalue weighted by Gasteiger charge is 2.19. The lowest BCUT2D eigenvalue weighted by molar-refractivity contribution is 0.426. The predicted molar refractivity (Wildman–Crippen MR) is 53.0 cm³/mol. The summed E-state index contributed by atoms with van der Waals surface area (Å²) in [4.78, 5) is 0. The van der Waals surface area contributed by atoms with Gasteiger partial charge in [0, 0.05) is 12.5 Å². The minimum absolute atomic E-state index is 0.233. The van der Waals surface area contributed by atoms with Crippen LogP contribution < -0.4 is 5.46 Å². The van der Waals surface area contributed by atoms with E-state index in [-0.39, 0.29) is 5.46 Å². The Kier molecular flexibility index (Phi) is 2.15. The number of benzene rings is 1. The molecule has 1 aromatic heterocycles. The van der Waals surface area contributed by atoms with Gasteiger partial charge in [0.05, 0.1) is 17.1 Å². The maximum absolute atomic E-state index is 9.16. The molecule has 1 heterocycles. The quantitative estimate of drug-likeness (QED) is 0.549. The number of aromatic nitrogens is 3. The summed E-state index contributed by atoms with van der Waals surface area (Å²) in [5, 5.41) is 34.6.